The van der Waals surface area contributed by atoms with Crippen LogP contribution in [0, 0.1) is 5.82 Å². The minimum Gasteiger partial charge on any atom is -0.381 e. The number of hydrogen-bond donors (Lipinski definition) is 2. The molecule has 0 aliphatic rings. The first kappa shape index (κ1) is 18.0. The van der Waals surface area contributed by atoms with Gasteiger partial charge in [0.2, 0.25) is 6.10 Å². The van der Waals surface area contributed by atoms with E-state index in [4.69, 9.17) is 33.8 Å². The summed E-state index contributed by atoms with van der Waals surface area (Å²) in [4.78, 5) is 17.1. The minimum atomic E-state index is -0.917. The molecule has 8 heteroatoms. The minimum absolute atomic E-state index is 0.0913. The molecule has 24 heavy (non-hydrogen) atoms. The van der Waals surface area contributed by atoms with E-state index in [0.29, 0.717) is 16.3 Å². The number of oxime groups is 1. The average molecular weight is 370 g/mol. The van der Waals surface area contributed by atoms with E-state index in [-0.39, 0.29) is 10.9 Å². The van der Waals surface area contributed by atoms with Crippen molar-refractivity contribution in [3.05, 3.63) is 63.9 Å². The Morgan fingerprint density at radius 1 is 1.25 bits per heavy atom. The van der Waals surface area contributed by atoms with Crippen molar-refractivity contribution in [2.75, 3.05) is 5.32 Å². The van der Waals surface area contributed by atoms with Crippen LogP contribution in [0.2, 0.25) is 10.0 Å². The molecule has 3 N–H and O–H groups in total. The van der Waals surface area contributed by atoms with Crippen LogP contribution in [0.15, 0.2) is 47.6 Å². The van der Waals surface area contributed by atoms with E-state index in [1.54, 1.807) is 24.3 Å². The Balaban J connectivity index is 1.96. The highest BCUT2D eigenvalue weighted by atomic mass is 35.5. The van der Waals surface area contributed by atoms with Crippen LogP contribution in [0.25, 0.3) is 0 Å². The first-order chi connectivity index (χ1) is 11.4. The number of carbonyl (C=O) groups excluding carboxylic acids is 1. The zero-order chi connectivity index (χ0) is 17.7. The molecule has 1 unspecified atom stereocenters. The number of rotatable bonds is 5. The Morgan fingerprint density at radius 2 is 1.92 bits per heavy atom. The van der Waals surface area contributed by atoms with Crippen LogP contribution < -0.4 is 11.1 Å². The maximum atomic E-state index is 13.1. The number of nitrogens with one attached hydrogen (secondary N) is 1. The lowest BCUT2D eigenvalue weighted by molar-refractivity contribution is -0.126. The molecule has 0 bridgehead atoms. The quantitative estimate of drug-likeness (QED) is 0.478. The third-order valence-corrected chi connectivity index (χ3v) is 3.55. The van der Waals surface area contributed by atoms with Gasteiger partial charge in [-0.2, -0.15) is 0 Å². The summed E-state index contributed by atoms with van der Waals surface area (Å²) in [6.45, 7) is 1.50. The fourth-order valence-corrected chi connectivity index (χ4v) is 1.98. The van der Waals surface area contributed by atoms with Crippen molar-refractivity contribution in [3.63, 3.8) is 0 Å². The largest absolute Gasteiger partial charge is 0.381 e. The topological polar surface area (TPSA) is 76.7 Å². The molecule has 5 nitrogen and oxygen atoms in total. The van der Waals surface area contributed by atoms with Gasteiger partial charge in [-0.3, -0.25) is 4.79 Å². The standard InChI is InChI=1S/C16H14Cl2FN3O2/c1-9(16(23)21-12-6-7-14(19)13(18)8-12)24-22-15(20)10-2-4-11(17)5-3-10/h2-9H,1H3,(H2,20,22)(H,21,23). The summed E-state index contributed by atoms with van der Waals surface area (Å²) in [6, 6.07) is 10.5. The van der Waals surface area contributed by atoms with Gasteiger partial charge in [0, 0.05) is 16.3 Å². The van der Waals surface area contributed by atoms with Crippen LogP contribution >= 0.6 is 23.2 Å². The summed E-state index contributed by atoms with van der Waals surface area (Å²) < 4.78 is 13.1. The van der Waals surface area contributed by atoms with Gasteiger partial charge in [-0.1, -0.05) is 28.4 Å². The molecule has 0 radical (unpaired) electrons. The highest BCUT2D eigenvalue weighted by molar-refractivity contribution is 6.31. The molecule has 2 aromatic carbocycles. The second-order valence-corrected chi connectivity index (χ2v) is 5.69. The molecular formula is C16H14Cl2FN3O2. The molecule has 126 valence electrons. The van der Waals surface area contributed by atoms with Gasteiger partial charge in [-0.05, 0) is 49.4 Å². The summed E-state index contributed by atoms with van der Waals surface area (Å²) in [5.74, 6) is -0.944. The molecule has 0 spiro atoms. The Hall–Kier alpha value is -2.31. The van der Waals surface area contributed by atoms with Crippen LogP contribution in [-0.4, -0.2) is 17.8 Å². The summed E-state index contributed by atoms with van der Waals surface area (Å²) in [5, 5.41) is 6.74. The van der Waals surface area contributed by atoms with Gasteiger partial charge in [0.15, 0.2) is 5.84 Å². The Labute approximate surface area is 148 Å². The summed E-state index contributed by atoms with van der Waals surface area (Å²) in [5.41, 5.74) is 6.73. The highest BCUT2D eigenvalue weighted by Crippen LogP contribution is 2.19. The van der Waals surface area contributed by atoms with Gasteiger partial charge in [0.25, 0.3) is 5.91 Å². The molecular weight excluding hydrogens is 356 g/mol. The smallest absolute Gasteiger partial charge is 0.267 e. The molecule has 0 aliphatic heterocycles. The monoisotopic (exact) mass is 369 g/mol. The fraction of sp³-hybridized carbons (Fsp3) is 0.125. The number of amides is 1. The Morgan fingerprint density at radius 3 is 2.54 bits per heavy atom. The van der Waals surface area contributed by atoms with Gasteiger partial charge >= 0.3 is 0 Å². The van der Waals surface area contributed by atoms with Crippen molar-refractivity contribution in [3.8, 4) is 0 Å². The molecule has 1 amide bonds. The number of amidine groups is 1. The molecule has 1 atom stereocenters. The molecule has 0 saturated carbocycles. The first-order valence-electron chi connectivity index (χ1n) is 6.88. The number of halogens is 3. The number of nitrogens with two attached hydrogens (primary N) is 1. The van der Waals surface area contributed by atoms with E-state index >= 15 is 0 Å². The number of benzene rings is 2. The van der Waals surface area contributed by atoms with Crippen LogP contribution in [0.4, 0.5) is 10.1 Å². The molecule has 0 fully saturated rings. The molecule has 2 aromatic rings. The number of nitrogens with zero attached hydrogens (tertiary/aromatic N) is 1. The fourth-order valence-electron chi connectivity index (χ4n) is 1.67. The van der Waals surface area contributed by atoms with Gasteiger partial charge in [0.05, 0.1) is 5.02 Å². The SMILES string of the molecule is CC(O/N=C(\N)c1ccc(Cl)cc1)C(=O)Nc1ccc(F)c(Cl)c1. The van der Waals surface area contributed by atoms with Crippen LogP contribution in [0.3, 0.4) is 0 Å². The lowest BCUT2D eigenvalue weighted by atomic mass is 10.2. The van der Waals surface area contributed by atoms with E-state index in [1.807, 2.05) is 0 Å². The lowest BCUT2D eigenvalue weighted by Crippen LogP contribution is -2.27. The maximum Gasteiger partial charge on any atom is 0.267 e. The second-order valence-electron chi connectivity index (χ2n) is 4.85. The second kappa shape index (κ2) is 7.99. The predicted molar refractivity (Wildman–Crippen MR) is 92.8 cm³/mol. The number of anilines is 1. The summed E-state index contributed by atoms with van der Waals surface area (Å²) in [6.07, 6.45) is -0.917. The molecule has 0 heterocycles. The zero-order valence-electron chi connectivity index (χ0n) is 12.6. The number of carbonyl (C=O) groups is 1. The van der Waals surface area contributed by atoms with E-state index in [1.165, 1.54) is 19.1 Å². The van der Waals surface area contributed by atoms with E-state index in [0.717, 1.165) is 6.07 Å². The molecule has 0 aliphatic carbocycles. The maximum absolute atomic E-state index is 13.1. The normalized spacial score (nSPS) is 12.6. The van der Waals surface area contributed by atoms with Crippen LogP contribution in [0.1, 0.15) is 12.5 Å². The van der Waals surface area contributed by atoms with E-state index in [9.17, 15) is 9.18 Å². The summed E-state index contributed by atoms with van der Waals surface area (Å²) >= 11 is 11.4. The van der Waals surface area contributed by atoms with Crippen molar-refractivity contribution in [2.24, 2.45) is 10.9 Å². The summed E-state index contributed by atoms with van der Waals surface area (Å²) in [7, 11) is 0. The van der Waals surface area contributed by atoms with Crippen molar-refractivity contribution in [1.29, 1.82) is 0 Å². The van der Waals surface area contributed by atoms with Crippen LogP contribution in [-0.2, 0) is 9.63 Å². The highest BCUT2D eigenvalue weighted by Gasteiger charge is 2.15. The van der Waals surface area contributed by atoms with E-state index in [2.05, 4.69) is 10.5 Å². The molecule has 0 aromatic heterocycles. The zero-order valence-corrected chi connectivity index (χ0v) is 14.1. The van der Waals surface area contributed by atoms with Crippen LogP contribution in [0.5, 0.6) is 0 Å². The Kier molecular flexibility index (Phi) is 6.00. The average Bonchev–Trinajstić information content (AvgIpc) is 2.56. The van der Waals surface area contributed by atoms with E-state index < -0.39 is 17.8 Å². The van der Waals surface area contributed by atoms with Gasteiger partial charge in [-0.15, -0.1) is 0 Å². The first-order valence-corrected chi connectivity index (χ1v) is 7.63. The predicted octanol–water partition coefficient (Wildman–Crippen LogP) is 3.80. The molecule has 0 saturated heterocycles. The van der Waals surface area contributed by atoms with Gasteiger partial charge in [0.1, 0.15) is 5.82 Å². The van der Waals surface area contributed by atoms with Gasteiger partial charge < -0.3 is 15.9 Å². The molecule has 2 rings (SSSR count). The van der Waals surface area contributed by atoms with Crippen molar-refractivity contribution < 1.29 is 14.0 Å². The van der Waals surface area contributed by atoms with Crippen molar-refractivity contribution in [2.45, 2.75) is 13.0 Å². The third-order valence-electron chi connectivity index (χ3n) is 3.01. The van der Waals surface area contributed by atoms with Gasteiger partial charge in [-0.25, -0.2) is 4.39 Å². The number of hydrogen-bond acceptors (Lipinski definition) is 3. The third kappa shape index (κ3) is 4.84. The van der Waals surface area contributed by atoms with Crippen molar-refractivity contribution in [1.82, 2.24) is 0 Å². The van der Waals surface area contributed by atoms with Crippen molar-refractivity contribution >= 4 is 40.6 Å². The Bertz CT molecular complexity index is 766. The lowest BCUT2D eigenvalue weighted by Gasteiger charge is -2.11.